The Morgan fingerprint density at radius 1 is 1.37 bits per heavy atom. The van der Waals surface area contributed by atoms with Crippen LogP contribution >= 0.6 is 15.9 Å². The van der Waals surface area contributed by atoms with Crippen LogP contribution in [0.3, 0.4) is 0 Å². The molecule has 0 saturated carbocycles. The van der Waals surface area contributed by atoms with Gasteiger partial charge in [-0.3, -0.25) is 0 Å². The highest BCUT2D eigenvalue weighted by atomic mass is 79.9. The van der Waals surface area contributed by atoms with Crippen molar-refractivity contribution in [3.8, 4) is 11.6 Å². The molecular formula is C13H13BrN2O3. The van der Waals surface area contributed by atoms with Crippen LogP contribution in [0.25, 0.3) is 5.69 Å². The van der Waals surface area contributed by atoms with Crippen molar-refractivity contribution in [2.75, 3.05) is 13.7 Å². The van der Waals surface area contributed by atoms with Crippen molar-refractivity contribution in [3.63, 3.8) is 0 Å². The van der Waals surface area contributed by atoms with Gasteiger partial charge >= 0.3 is 5.97 Å². The third kappa shape index (κ3) is 2.96. The number of hydrogen-bond donors (Lipinski definition) is 0. The zero-order chi connectivity index (χ0) is 13.8. The fourth-order valence-electron chi connectivity index (χ4n) is 1.58. The summed E-state index contributed by atoms with van der Waals surface area (Å²) >= 11 is 3.37. The molecule has 100 valence electrons. The van der Waals surface area contributed by atoms with Gasteiger partial charge in [-0.1, -0.05) is 15.9 Å². The van der Waals surface area contributed by atoms with Crippen molar-refractivity contribution in [2.45, 2.75) is 6.92 Å². The Hall–Kier alpha value is -1.82. The van der Waals surface area contributed by atoms with E-state index in [0.29, 0.717) is 12.5 Å². The van der Waals surface area contributed by atoms with Gasteiger partial charge in [-0.2, -0.15) is 5.10 Å². The first-order valence-corrected chi connectivity index (χ1v) is 6.52. The minimum absolute atomic E-state index is 0.224. The Kier molecular flexibility index (Phi) is 4.21. The topological polar surface area (TPSA) is 53.4 Å². The zero-order valence-corrected chi connectivity index (χ0v) is 12.2. The summed E-state index contributed by atoms with van der Waals surface area (Å²) in [6.45, 7) is 2.06. The molecule has 19 heavy (non-hydrogen) atoms. The molecule has 0 saturated heterocycles. The van der Waals surface area contributed by atoms with E-state index in [1.54, 1.807) is 17.7 Å². The van der Waals surface area contributed by atoms with Crippen LogP contribution in [0, 0.1) is 0 Å². The molecule has 2 aromatic rings. The molecule has 0 spiro atoms. The molecule has 2 rings (SSSR count). The summed E-state index contributed by atoms with van der Waals surface area (Å²) in [4.78, 5) is 11.7. The Balaban J connectivity index is 2.39. The highest BCUT2D eigenvalue weighted by Crippen LogP contribution is 2.21. The first-order valence-electron chi connectivity index (χ1n) is 5.72. The number of aromatic nitrogens is 2. The van der Waals surface area contributed by atoms with E-state index in [4.69, 9.17) is 9.47 Å². The van der Waals surface area contributed by atoms with E-state index in [1.807, 2.05) is 24.3 Å². The second-order valence-electron chi connectivity index (χ2n) is 3.68. The molecule has 0 bridgehead atoms. The molecule has 0 aliphatic rings. The number of hydrogen-bond acceptors (Lipinski definition) is 4. The molecule has 0 unspecified atom stereocenters. The average molecular weight is 325 g/mol. The van der Waals surface area contributed by atoms with E-state index in [0.717, 1.165) is 10.2 Å². The van der Waals surface area contributed by atoms with Crippen LogP contribution in [0.2, 0.25) is 0 Å². The maximum absolute atomic E-state index is 11.7. The fraction of sp³-hybridized carbons (Fsp3) is 0.231. The molecule has 1 heterocycles. The molecule has 0 aliphatic carbocycles. The molecule has 0 amide bonds. The quantitative estimate of drug-likeness (QED) is 0.811. The van der Waals surface area contributed by atoms with E-state index in [-0.39, 0.29) is 5.69 Å². The number of rotatable bonds is 4. The van der Waals surface area contributed by atoms with Gasteiger partial charge in [-0.05, 0) is 31.2 Å². The Morgan fingerprint density at radius 3 is 2.63 bits per heavy atom. The van der Waals surface area contributed by atoms with Crippen LogP contribution in [0.1, 0.15) is 17.4 Å². The van der Waals surface area contributed by atoms with Gasteiger partial charge in [0.2, 0.25) is 5.88 Å². The van der Waals surface area contributed by atoms with Crippen LogP contribution in [0.4, 0.5) is 0 Å². The van der Waals surface area contributed by atoms with Crippen LogP contribution in [0.5, 0.6) is 5.88 Å². The molecule has 6 heteroatoms. The lowest BCUT2D eigenvalue weighted by molar-refractivity contribution is 0.0519. The number of nitrogens with zero attached hydrogens (tertiary/aromatic N) is 2. The standard InChI is InChI=1S/C13H13BrN2O3/c1-3-19-13(17)11-8-12(18-2)16(15-11)10-6-4-9(14)5-7-10/h4-8H,3H2,1-2H3. The van der Waals surface area contributed by atoms with Crippen molar-refractivity contribution >= 4 is 21.9 Å². The van der Waals surface area contributed by atoms with Gasteiger partial charge < -0.3 is 9.47 Å². The predicted octanol–water partition coefficient (Wildman–Crippen LogP) is 2.82. The van der Waals surface area contributed by atoms with Gasteiger partial charge in [0.05, 0.1) is 19.4 Å². The monoisotopic (exact) mass is 324 g/mol. The van der Waals surface area contributed by atoms with Crippen LogP contribution in [-0.4, -0.2) is 29.5 Å². The summed E-state index contributed by atoms with van der Waals surface area (Å²) in [6.07, 6.45) is 0. The first kappa shape index (κ1) is 13.6. The number of methoxy groups -OCH3 is 1. The summed E-state index contributed by atoms with van der Waals surface area (Å²) in [7, 11) is 1.53. The molecule has 0 atom stereocenters. The first-order chi connectivity index (χ1) is 9.15. The van der Waals surface area contributed by atoms with Crippen LogP contribution in [0.15, 0.2) is 34.8 Å². The number of halogens is 1. The fourth-order valence-corrected chi connectivity index (χ4v) is 1.85. The maximum atomic E-state index is 11.7. The minimum atomic E-state index is -0.461. The van der Waals surface area contributed by atoms with Crippen LogP contribution < -0.4 is 4.74 Å². The summed E-state index contributed by atoms with van der Waals surface area (Å²) in [5, 5.41) is 4.20. The van der Waals surface area contributed by atoms with Gasteiger partial charge in [0.15, 0.2) is 5.69 Å². The highest BCUT2D eigenvalue weighted by molar-refractivity contribution is 9.10. The van der Waals surface area contributed by atoms with Crippen LogP contribution in [-0.2, 0) is 4.74 Å². The van der Waals surface area contributed by atoms with Crippen molar-refractivity contribution in [3.05, 3.63) is 40.5 Å². The normalized spacial score (nSPS) is 10.3. The highest BCUT2D eigenvalue weighted by Gasteiger charge is 2.16. The molecule has 0 radical (unpaired) electrons. The second-order valence-corrected chi connectivity index (χ2v) is 4.60. The minimum Gasteiger partial charge on any atom is -0.481 e. The third-order valence-corrected chi connectivity index (χ3v) is 2.97. The second kappa shape index (κ2) is 5.88. The molecule has 5 nitrogen and oxygen atoms in total. The predicted molar refractivity (Wildman–Crippen MR) is 73.8 cm³/mol. The number of carbonyl (C=O) groups excluding carboxylic acids is 1. The zero-order valence-electron chi connectivity index (χ0n) is 10.6. The van der Waals surface area contributed by atoms with Gasteiger partial charge in [-0.25, -0.2) is 9.48 Å². The average Bonchev–Trinajstić information content (AvgIpc) is 2.84. The van der Waals surface area contributed by atoms with E-state index in [2.05, 4.69) is 21.0 Å². The lowest BCUT2D eigenvalue weighted by Crippen LogP contribution is -2.06. The van der Waals surface area contributed by atoms with Crippen molar-refractivity contribution < 1.29 is 14.3 Å². The Bertz CT molecular complexity index is 578. The summed E-state index contributed by atoms with van der Waals surface area (Å²) in [5.41, 5.74) is 1.03. The molecule has 1 aromatic heterocycles. The number of ether oxygens (including phenoxy) is 2. The Morgan fingerprint density at radius 2 is 2.05 bits per heavy atom. The number of esters is 1. The number of carbonyl (C=O) groups is 1. The Labute approximate surface area is 119 Å². The lowest BCUT2D eigenvalue weighted by Gasteiger charge is -2.05. The van der Waals surface area contributed by atoms with E-state index < -0.39 is 5.97 Å². The van der Waals surface area contributed by atoms with Gasteiger partial charge in [0.25, 0.3) is 0 Å². The van der Waals surface area contributed by atoms with E-state index in [9.17, 15) is 4.79 Å². The van der Waals surface area contributed by atoms with Crippen molar-refractivity contribution in [1.29, 1.82) is 0 Å². The maximum Gasteiger partial charge on any atom is 0.358 e. The molecule has 1 aromatic carbocycles. The summed E-state index contributed by atoms with van der Waals surface area (Å²) < 4.78 is 12.7. The SMILES string of the molecule is CCOC(=O)c1cc(OC)n(-c2ccc(Br)cc2)n1. The molecule has 0 N–H and O–H groups in total. The molecule has 0 aliphatic heterocycles. The van der Waals surface area contributed by atoms with E-state index in [1.165, 1.54) is 7.11 Å². The third-order valence-electron chi connectivity index (χ3n) is 2.44. The van der Waals surface area contributed by atoms with Crippen molar-refractivity contribution in [1.82, 2.24) is 9.78 Å². The van der Waals surface area contributed by atoms with Gasteiger partial charge in [0, 0.05) is 10.5 Å². The lowest BCUT2D eigenvalue weighted by atomic mass is 10.3. The summed E-state index contributed by atoms with van der Waals surface area (Å²) in [5.74, 6) is 0.0158. The molecular weight excluding hydrogens is 312 g/mol. The summed E-state index contributed by atoms with van der Waals surface area (Å²) in [6, 6.07) is 9.07. The smallest absolute Gasteiger partial charge is 0.358 e. The number of benzene rings is 1. The van der Waals surface area contributed by atoms with Crippen molar-refractivity contribution in [2.24, 2.45) is 0 Å². The molecule has 0 fully saturated rings. The van der Waals surface area contributed by atoms with Gasteiger partial charge in [-0.15, -0.1) is 0 Å². The van der Waals surface area contributed by atoms with E-state index >= 15 is 0 Å². The van der Waals surface area contributed by atoms with Gasteiger partial charge in [0.1, 0.15) is 0 Å². The largest absolute Gasteiger partial charge is 0.481 e.